The van der Waals surface area contributed by atoms with Gasteiger partial charge in [-0.25, -0.2) is 0 Å². The molecule has 0 aromatic carbocycles. The molecule has 1 aliphatic rings. The summed E-state index contributed by atoms with van der Waals surface area (Å²) in [5.41, 5.74) is -0.710. The molecule has 10 heavy (non-hydrogen) atoms. The molecule has 1 heterocycles. The topological polar surface area (TPSA) is 26.3 Å². The molecule has 58 valence electrons. The zero-order chi connectivity index (χ0) is 7.45. The van der Waals surface area contributed by atoms with Crippen LogP contribution in [0.25, 0.3) is 0 Å². The van der Waals surface area contributed by atoms with Gasteiger partial charge in [0.05, 0.1) is 5.41 Å². The van der Waals surface area contributed by atoms with Crippen LogP contribution in [0.15, 0.2) is 0 Å². The molecule has 0 saturated carbocycles. The highest BCUT2D eigenvalue weighted by molar-refractivity contribution is 5.59. The van der Waals surface area contributed by atoms with Crippen molar-refractivity contribution < 1.29 is 13.9 Å². The Morgan fingerprint density at radius 3 is 2.40 bits per heavy atom. The lowest BCUT2D eigenvalue weighted by Gasteiger charge is -2.28. The minimum absolute atomic E-state index is 0.517. The monoisotopic (exact) mass is 146 g/mol. The Hall–Kier alpha value is -0.440. The van der Waals surface area contributed by atoms with E-state index in [0.29, 0.717) is 26.1 Å². The minimum atomic E-state index is -0.710. The summed E-state index contributed by atoms with van der Waals surface area (Å²) in [4.78, 5) is 10.4. The van der Waals surface area contributed by atoms with Crippen molar-refractivity contribution in [3.8, 4) is 0 Å². The Labute approximate surface area is 59.4 Å². The van der Waals surface area contributed by atoms with Gasteiger partial charge in [-0.3, -0.25) is 4.39 Å². The van der Waals surface area contributed by atoms with Crippen molar-refractivity contribution >= 4 is 6.29 Å². The maximum absolute atomic E-state index is 12.2. The summed E-state index contributed by atoms with van der Waals surface area (Å²) in [6.45, 7) is 0.491. The van der Waals surface area contributed by atoms with Gasteiger partial charge in [0, 0.05) is 13.2 Å². The van der Waals surface area contributed by atoms with Crippen molar-refractivity contribution in [1.29, 1.82) is 0 Å². The lowest BCUT2D eigenvalue weighted by atomic mass is 9.83. The fourth-order valence-electron chi connectivity index (χ4n) is 1.06. The van der Waals surface area contributed by atoms with Gasteiger partial charge in [-0.05, 0) is 12.8 Å². The number of carbonyl (C=O) groups is 1. The van der Waals surface area contributed by atoms with E-state index in [9.17, 15) is 9.18 Å². The van der Waals surface area contributed by atoms with Crippen molar-refractivity contribution in [1.82, 2.24) is 0 Å². The number of hydrogen-bond donors (Lipinski definition) is 0. The smallest absolute Gasteiger partial charge is 0.128 e. The van der Waals surface area contributed by atoms with Crippen LogP contribution in [0.1, 0.15) is 12.8 Å². The molecule has 0 atom stereocenters. The van der Waals surface area contributed by atoms with E-state index in [1.54, 1.807) is 0 Å². The zero-order valence-electron chi connectivity index (χ0n) is 5.81. The van der Waals surface area contributed by atoms with Gasteiger partial charge in [-0.1, -0.05) is 0 Å². The predicted octanol–water partition coefficient (Wildman–Crippen LogP) is 0.952. The molecule has 0 N–H and O–H groups in total. The van der Waals surface area contributed by atoms with Gasteiger partial charge < -0.3 is 9.53 Å². The van der Waals surface area contributed by atoms with Crippen LogP contribution in [0, 0.1) is 5.41 Å². The first-order valence-electron chi connectivity index (χ1n) is 3.43. The average Bonchev–Trinajstić information content (AvgIpc) is 2.06. The number of carbonyl (C=O) groups excluding carboxylic acids is 1. The minimum Gasteiger partial charge on any atom is -0.381 e. The molecule has 0 spiro atoms. The molecular weight excluding hydrogens is 135 g/mol. The van der Waals surface area contributed by atoms with Crippen LogP contribution in [0.3, 0.4) is 0 Å². The van der Waals surface area contributed by atoms with Gasteiger partial charge in [0.2, 0.25) is 0 Å². The fraction of sp³-hybridized carbons (Fsp3) is 0.857. The number of halogens is 1. The normalized spacial score (nSPS) is 24.1. The molecule has 0 radical (unpaired) electrons. The largest absolute Gasteiger partial charge is 0.381 e. The third-order valence-corrected chi connectivity index (χ3v) is 2.00. The number of ether oxygens (including phenoxy) is 1. The summed E-state index contributed by atoms with van der Waals surface area (Å²) in [6.07, 6.45) is 1.80. The summed E-state index contributed by atoms with van der Waals surface area (Å²) in [5.74, 6) is 0. The van der Waals surface area contributed by atoms with Gasteiger partial charge >= 0.3 is 0 Å². The SMILES string of the molecule is O=CC1(CF)CCOCC1. The lowest BCUT2D eigenvalue weighted by Crippen LogP contribution is -2.32. The summed E-state index contributed by atoms with van der Waals surface area (Å²) >= 11 is 0. The van der Waals surface area contributed by atoms with E-state index < -0.39 is 12.1 Å². The molecule has 1 fully saturated rings. The average molecular weight is 146 g/mol. The van der Waals surface area contributed by atoms with Gasteiger partial charge in [-0.2, -0.15) is 0 Å². The molecule has 0 aromatic rings. The maximum atomic E-state index is 12.2. The highest BCUT2D eigenvalue weighted by Crippen LogP contribution is 2.28. The summed E-state index contributed by atoms with van der Waals surface area (Å²) in [6, 6.07) is 0. The Morgan fingerprint density at radius 1 is 1.50 bits per heavy atom. The standard InChI is InChI=1S/C7H11FO2/c8-5-7(6-9)1-3-10-4-2-7/h6H,1-5H2. The van der Waals surface area contributed by atoms with E-state index in [1.165, 1.54) is 0 Å². The van der Waals surface area contributed by atoms with E-state index in [2.05, 4.69) is 0 Å². The van der Waals surface area contributed by atoms with Crippen LogP contribution in [0.2, 0.25) is 0 Å². The molecular formula is C7H11FO2. The molecule has 1 saturated heterocycles. The number of alkyl halides is 1. The molecule has 0 amide bonds. The predicted molar refractivity (Wildman–Crippen MR) is 34.5 cm³/mol. The highest BCUT2D eigenvalue weighted by Gasteiger charge is 2.32. The number of rotatable bonds is 2. The first kappa shape index (κ1) is 7.66. The third kappa shape index (κ3) is 1.34. The molecule has 0 aliphatic carbocycles. The Kier molecular flexibility index (Phi) is 2.38. The second-order valence-electron chi connectivity index (χ2n) is 2.73. The van der Waals surface area contributed by atoms with Crippen LogP contribution in [0.4, 0.5) is 4.39 Å². The van der Waals surface area contributed by atoms with Crippen LogP contribution in [-0.4, -0.2) is 26.2 Å². The first-order valence-corrected chi connectivity index (χ1v) is 3.43. The van der Waals surface area contributed by atoms with E-state index >= 15 is 0 Å². The van der Waals surface area contributed by atoms with E-state index in [-0.39, 0.29) is 0 Å². The van der Waals surface area contributed by atoms with Gasteiger partial charge in [-0.15, -0.1) is 0 Å². The quantitative estimate of drug-likeness (QED) is 0.542. The Balaban J connectivity index is 2.52. The van der Waals surface area contributed by atoms with Crippen LogP contribution >= 0.6 is 0 Å². The van der Waals surface area contributed by atoms with Crippen molar-refractivity contribution in [3.63, 3.8) is 0 Å². The summed E-state index contributed by atoms with van der Waals surface area (Å²) in [7, 11) is 0. The fourth-order valence-corrected chi connectivity index (χ4v) is 1.06. The number of aldehydes is 1. The molecule has 0 unspecified atom stereocenters. The molecule has 3 heteroatoms. The van der Waals surface area contributed by atoms with Gasteiger partial charge in [0.15, 0.2) is 0 Å². The zero-order valence-corrected chi connectivity index (χ0v) is 5.81. The van der Waals surface area contributed by atoms with Crippen molar-refractivity contribution in [3.05, 3.63) is 0 Å². The Morgan fingerprint density at radius 2 is 2.10 bits per heavy atom. The van der Waals surface area contributed by atoms with Crippen LogP contribution in [-0.2, 0) is 9.53 Å². The van der Waals surface area contributed by atoms with E-state index in [0.717, 1.165) is 6.29 Å². The second kappa shape index (κ2) is 3.10. The maximum Gasteiger partial charge on any atom is 0.128 e. The first-order chi connectivity index (χ1) is 4.83. The van der Waals surface area contributed by atoms with Crippen LogP contribution < -0.4 is 0 Å². The molecule has 0 bridgehead atoms. The molecule has 1 rings (SSSR count). The van der Waals surface area contributed by atoms with Gasteiger partial charge in [0.1, 0.15) is 13.0 Å². The summed E-state index contributed by atoms with van der Waals surface area (Å²) in [5, 5.41) is 0. The van der Waals surface area contributed by atoms with E-state index in [1.807, 2.05) is 0 Å². The number of hydrogen-bond acceptors (Lipinski definition) is 2. The second-order valence-corrected chi connectivity index (χ2v) is 2.73. The van der Waals surface area contributed by atoms with Crippen molar-refractivity contribution in [2.75, 3.05) is 19.9 Å². The highest BCUT2D eigenvalue weighted by atomic mass is 19.1. The third-order valence-electron chi connectivity index (χ3n) is 2.00. The van der Waals surface area contributed by atoms with E-state index in [4.69, 9.17) is 4.74 Å². The van der Waals surface area contributed by atoms with Crippen molar-refractivity contribution in [2.24, 2.45) is 5.41 Å². The van der Waals surface area contributed by atoms with Gasteiger partial charge in [0.25, 0.3) is 0 Å². The molecule has 1 aliphatic heterocycles. The summed E-state index contributed by atoms with van der Waals surface area (Å²) < 4.78 is 17.3. The Bertz CT molecular complexity index is 119. The van der Waals surface area contributed by atoms with Crippen LogP contribution in [0.5, 0.6) is 0 Å². The lowest BCUT2D eigenvalue weighted by molar-refractivity contribution is -0.122. The van der Waals surface area contributed by atoms with Crippen molar-refractivity contribution in [2.45, 2.75) is 12.8 Å². The molecule has 2 nitrogen and oxygen atoms in total. The molecule has 0 aromatic heterocycles.